The molecule has 134 valence electrons. The van der Waals surface area contributed by atoms with Gasteiger partial charge in [-0.3, -0.25) is 4.79 Å². The van der Waals surface area contributed by atoms with E-state index in [4.69, 9.17) is 4.74 Å². The van der Waals surface area contributed by atoms with Crippen LogP contribution in [0.3, 0.4) is 0 Å². The fourth-order valence-corrected chi connectivity index (χ4v) is 2.82. The van der Waals surface area contributed by atoms with E-state index in [1.165, 1.54) is 36.4 Å². The minimum atomic E-state index is -3.25. The predicted octanol–water partition coefficient (Wildman–Crippen LogP) is 2.87. The second-order valence-electron chi connectivity index (χ2n) is 5.79. The summed E-state index contributed by atoms with van der Waals surface area (Å²) >= 11 is 0. The lowest BCUT2D eigenvalue weighted by molar-refractivity contribution is -0.127. The van der Waals surface area contributed by atoms with Gasteiger partial charge in [-0.25, -0.2) is 12.8 Å². The number of ether oxygens (including phenoxy) is 1. The van der Waals surface area contributed by atoms with Crippen molar-refractivity contribution in [2.75, 3.05) is 6.26 Å². The Balaban J connectivity index is 1.97. The monoisotopic (exact) mass is 365 g/mol. The molecule has 2 aromatic carbocycles. The lowest BCUT2D eigenvalue weighted by Crippen LogP contribution is -2.37. The molecule has 2 atom stereocenters. The summed E-state index contributed by atoms with van der Waals surface area (Å²) in [5, 5.41) is 2.80. The van der Waals surface area contributed by atoms with Crippen LogP contribution in [0.1, 0.15) is 25.5 Å². The average Bonchev–Trinajstić information content (AvgIpc) is 2.56. The van der Waals surface area contributed by atoms with Gasteiger partial charge in [0.2, 0.25) is 0 Å². The van der Waals surface area contributed by atoms with Crippen LogP contribution in [-0.2, 0) is 14.6 Å². The number of nitrogens with one attached hydrogen (secondary N) is 1. The molecule has 1 amide bonds. The summed E-state index contributed by atoms with van der Waals surface area (Å²) in [6, 6.07) is 11.4. The molecule has 0 aliphatic rings. The van der Waals surface area contributed by atoms with Gasteiger partial charge in [0.25, 0.3) is 5.91 Å². The molecule has 0 aliphatic carbocycles. The number of benzene rings is 2. The highest BCUT2D eigenvalue weighted by Crippen LogP contribution is 2.17. The van der Waals surface area contributed by atoms with Gasteiger partial charge < -0.3 is 10.1 Å². The largest absolute Gasteiger partial charge is 0.481 e. The number of carbonyl (C=O) groups is 1. The number of sulfone groups is 1. The number of rotatable bonds is 6. The second-order valence-corrected chi connectivity index (χ2v) is 7.80. The lowest BCUT2D eigenvalue weighted by Gasteiger charge is -2.19. The van der Waals surface area contributed by atoms with Crippen LogP contribution in [0, 0.1) is 5.82 Å². The SMILES string of the molecule is C[C@H](Oc1ccc(F)cc1)C(=O)N[C@H](C)c1ccc(S(C)(=O)=O)cc1. The molecule has 2 aromatic rings. The molecule has 2 rings (SSSR count). The molecule has 0 unspecified atom stereocenters. The Hall–Kier alpha value is -2.41. The number of amides is 1. The van der Waals surface area contributed by atoms with Crippen LogP contribution in [0.15, 0.2) is 53.4 Å². The van der Waals surface area contributed by atoms with E-state index in [0.717, 1.165) is 11.8 Å². The Morgan fingerprint density at radius 3 is 2.12 bits per heavy atom. The van der Waals surface area contributed by atoms with Gasteiger partial charge in [-0.05, 0) is 55.8 Å². The van der Waals surface area contributed by atoms with Gasteiger partial charge in [0, 0.05) is 6.26 Å². The summed E-state index contributed by atoms with van der Waals surface area (Å²) in [5.41, 5.74) is 0.773. The van der Waals surface area contributed by atoms with Crippen molar-refractivity contribution in [1.29, 1.82) is 0 Å². The predicted molar refractivity (Wildman–Crippen MR) is 92.6 cm³/mol. The Labute approximate surface area is 146 Å². The summed E-state index contributed by atoms with van der Waals surface area (Å²) in [6.07, 6.45) is 0.380. The maximum absolute atomic E-state index is 12.9. The van der Waals surface area contributed by atoms with E-state index >= 15 is 0 Å². The van der Waals surface area contributed by atoms with Crippen molar-refractivity contribution in [1.82, 2.24) is 5.32 Å². The third-order valence-electron chi connectivity index (χ3n) is 3.66. The first-order valence-electron chi connectivity index (χ1n) is 7.69. The van der Waals surface area contributed by atoms with Crippen LogP contribution in [-0.4, -0.2) is 26.7 Å². The van der Waals surface area contributed by atoms with Crippen molar-refractivity contribution >= 4 is 15.7 Å². The van der Waals surface area contributed by atoms with Crippen LogP contribution < -0.4 is 10.1 Å². The first-order chi connectivity index (χ1) is 11.7. The van der Waals surface area contributed by atoms with Crippen molar-refractivity contribution in [3.63, 3.8) is 0 Å². The zero-order valence-corrected chi connectivity index (χ0v) is 15.0. The van der Waals surface area contributed by atoms with Crippen molar-refractivity contribution in [2.45, 2.75) is 30.9 Å². The molecule has 0 saturated heterocycles. The molecule has 0 heterocycles. The topological polar surface area (TPSA) is 72.5 Å². The fourth-order valence-electron chi connectivity index (χ4n) is 2.19. The van der Waals surface area contributed by atoms with E-state index in [9.17, 15) is 17.6 Å². The number of carbonyl (C=O) groups excluding carboxylic acids is 1. The molecule has 5 nitrogen and oxygen atoms in total. The molecule has 0 bridgehead atoms. The first kappa shape index (κ1) is 18.9. The quantitative estimate of drug-likeness (QED) is 0.854. The molecule has 1 N–H and O–H groups in total. The Morgan fingerprint density at radius 1 is 1.04 bits per heavy atom. The van der Waals surface area contributed by atoms with E-state index in [2.05, 4.69) is 5.32 Å². The smallest absolute Gasteiger partial charge is 0.261 e. The minimum Gasteiger partial charge on any atom is -0.481 e. The van der Waals surface area contributed by atoms with E-state index in [-0.39, 0.29) is 22.7 Å². The summed E-state index contributed by atoms with van der Waals surface area (Å²) in [7, 11) is -3.25. The van der Waals surface area contributed by atoms with Gasteiger partial charge in [-0.2, -0.15) is 0 Å². The van der Waals surface area contributed by atoms with Crippen molar-refractivity contribution < 1.29 is 22.3 Å². The highest BCUT2D eigenvalue weighted by Gasteiger charge is 2.18. The zero-order chi connectivity index (χ0) is 18.6. The molecular formula is C18H20FNO4S. The van der Waals surface area contributed by atoms with Gasteiger partial charge in [0.15, 0.2) is 15.9 Å². The highest BCUT2D eigenvalue weighted by atomic mass is 32.2. The van der Waals surface area contributed by atoms with E-state index in [1.807, 2.05) is 0 Å². The van der Waals surface area contributed by atoms with Gasteiger partial charge >= 0.3 is 0 Å². The van der Waals surface area contributed by atoms with E-state index < -0.39 is 15.9 Å². The summed E-state index contributed by atoms with van der Waals surface area (Å²) in [5.74, 6) is -0.311. The first-order valence-corrected chi connectivity index (χ1v) is 9.58. The molecule has 7 heteroatoms. The fraction of sp³-hybridized carbons (Fsp3) is 0.278. The standard InChI is InChI=1S/C18H20FNO4S/c1-12(14-4-10-17(11-5-14)25(3,22)23)20-18(21)13(2)24-16-8-6-15(19)7-9-16/h4-13H,1-3H3,(H,20,21)/t12-,13+/m1/s1. The number of hydrogen-bond acceptors (Lipinski definition) is 4. The maximum atomic E-state index is 12.9. The van der Waals surface area contributed by atoms with Gasteiger partial charge in [0.05, 0.1) is 10.9 Å². The zero-order valence-electron chi connectivity index (χ0n) is 14.2. The minimum absolute atomic E-state index is 0.225. The van der Waals surface area contributed by atoms with E-state index in [1.54, 1.807) is 26.0 Å². The summed E-state index contributed by atoms with van der Waals surface area (Å²) in [6.45, 7) is 3.39. The lowest BCUT2D eigenvalue weighted by atomic mass is 10.1. The highest BCUT2D eigenvalue weighted by molar-refractivity contribution is 7.90. The average molecular weight is 365 g/mol. The van der Waals surface area contributed by atoms with Crippen molar-refractivity contribution in [2.24, 2.45) is 0 Å². The molecule has 0 aromatic heterocycles. The molecule has 0 saturated carbocycles. The summed E-state index contributed by atoms with van der Waals surface area (Å²) < 4.78 is 41.3. The summed E-state index contributed by atoms with van der Waals surface area (Å²) in [4.78, 5) is 12.4. The number of hydrogen-bond donors (Lipinski definition) is 1. The van der Waals surface area contributed by atoms with E-state index in [0.29, 0.717) is 5.75 Å². The Morgan fingerprint density at radius 2 is 1.60 bits per heavy atom. The molecular weight excluding hydrogens is 345 g/mol. The molecule has 25 heavy (non-hydrogen) atoms. The Kier molecular flexibility index (Phi) is 5.79. The third-order valence-corrected chi connectivity index (χ3v) is 4.79. The maximum Gasteiger partial charge on any atom is 0.261 e. The van der Waals surface area contributed by atoms with Crippen LogP contribution >= 0.6 is 0 Å². The molecule has 0 fully saturated rings. The normalized spacial score (nSPS) is 13.8. The van der Waals surface area contributed by atoms with Gasteiger partial charge in [-0.15, -0.1) is 0 Å². The van der Waals surface area contributed by atoms with Crippen molar-refractivity contribution in [3.05, 3.63) is 59.9 Å². The number of halogens is 1. The van der Waals surface area contributed by atoms with Crippen LogP contribution in [0.4, 0.5) is 4.39 Å². The Bertz CT molecular complexity index is 832. The molecule has 0 aliphatic heterocycles. The van der Waals surface area contributed by atoms with Crippen molar-refractivity contribution in [3.8, 4) is 5.75 Å². The van der Waals surface area contributed by atoms with Gasteiger partial charge in [-0.1, -0.05) is 12.1 Å². The third kappa shape index (κ3) is 5.29. The van der Waals surface area contributed by atoms with Crippen LogP contribution in [0.5, 0.6) is 5.75 Å². The molecule has 0 radical (unpaired) electrons. The second kappa shape index (κ2) is 7.65. The molecule has 0 spiro atoms. The van der Waals surface area contributed by atoms with Gasteiger partial charge in [0.1, 0.15) is 11.6 Å². The van der Waals surface area contributed by atoms with Crippen LogP contribution in [0.2, 0.25) is 0 Å². The van der Waals surface area contributed by atoms with Crippen LogP contribution in [0.25, 0.3) is 0 Å².